The molecule has 4 aliphatic rings. The molecule has 2 aromatic heterocycles. The monoisotopic (exact) mass is 480 g/mol. The molecule has 2 bridgehead atoms. The van der Waals surface area contributed by atoms with Crippen LogP contribution < -0.4 is 9.77 Å². The van der Waals surface area contributed by atoms with Crippen molar-refractivity contribution in [2.75, 3.05) is 4.90 Å². The molecule has 0 spiro atoms. The molecular weight excluding hydrogens is 460 g/mol. The summed E-state index contributed by atoms with van der Waals surface area (Å²) in [5, 5.41) is 3.30. The van der Waals surface area contributed by atoms with Gasteiger partial charge in [-0.1, -0.05) is 35.1 Å². The third kappa shape index (κ3) is 2.43. The van der Waals surface area contributed by atoms with E-state index in [0.717, 1.165) is 21.9 Å². The van der Waals surface area contributed by atoms with Crippen LogP contribution in [-0.4, -0.2) is 22.0 Å². The van der Waals surface area contributed by atoms with E-state index in [-0.39, 0.29) is 57.4 Å². The number of nitrogens with one attached hydrogen (secondary N) is 1. The zero-order valence-electron chi connectivity index (χ0n) is 17.2. The van der Waals surface area contributed by atoms with Crippen molar-refractivity contribution in [2.24, 2.45) is 29.6 Å². The number of thioether (sulfide) groups is 1. The van der Waals surface area contributed by atoms with Gasteiger partial charge in [0.1, 0.15) is 0 Å². The van der Waals surface area contributed by atoms with Crippen molar-refractivity contribution in [3.05, 3.63) is 66.8 Å². The Morgan fingerprint density at radius 3 is 2.47 bits per heavy atom. The second-order valence-electron chi connectivity index (χ2n) is 9.32. The number of fused-ring (bicyclic) bond motifs is 9. The van der Waals surface area contributed by atoms with Gasteiger partial charge in [0, 0.05) is 20.9 Å². The van der Waals surface area contributed by atoms with Gasteiger partial charge in [-0.15, -0.1) is 23.1 Å². The lowest BCUT2D eigenvalue weighted by Crippen LogP contribution is -2.42. The molecule has 32 heavy (non-hydrogen) atoms. The fourth-order valence-corrected chi connectivity index (χ4v) is 10.6. The van der Waals surface area contributed by atoms with Crippen molar-refractivity contribution < 1.29 is 9.59 Å². The van der Waals surface area contributed by atoms with Crippen LogP contribution in [0.2, 0.25) is 0 Å². The van der Waals surface area contributed by atoms with Crippen LogP contribution in [0.25, 0.3) is 0 Å². The molecule has 7 atom stereocenters. The van der Waals surface area contributed by atoms with E-state index in [9.17, 15) is 14.4 Å². The number of amides is 2. The number of thiophene rings is 1. The Hall–Kier alpha value is -2.16. The van der Waals surface area contributed by atoms with Gasteiger partial charge in [0.05, 0.1) is 22.5 Å². The summed E-state index contributed by atoms with van der Waals surface area (Å²) in [7, 11) is 0. The summed E-state index contributed by atoms with van der Waals surface area (Å²) in [6.45, 7) is 2.00. The van der Waals surface area contributed by atoms with Gasteiger partial charge in [-0.25, -0.2) is 0 Å². The summed E-state index contributed by atoms with van der Waals surface area (Å²) >= 11 is 4.77. The fourth-order valence-electron chi connectivity index (χ4n) is 6.75. The zero-order chi connectivity index (χ0) is 21.7. The second kappa shape index (κ2) is 6.68. The zero-order valence-corrected chi connectivity index (χ0v) is 19.6. The minimum Gasteiger partial charge on any atom is -0.307 e. The van der Waals surface area contributed by atoms with Crippen LogP contribution in [0.15, 0.2) is 51.6 Å². The molecule has 2 aliphatic carbocycles. The third-order valence-electron chi connectivity index (χ3n) is 7.87. The van der Waals surface area contributed by atoms with Gasteiger partial charge in [0.25, 0.3) is 0 Å². The molecular formula is C24H20N2O3S3. The van der Waals surface area contributed by atoms with Crippen LogP contribution in [0, 0.1) is 36.5 Å². The number of carbonyl (C=O) groups excluding carboxylic acids is 2. The van der Waals surface area contributed by atoms with Gasteiger partial charge < -0.3 is 4.98 Å². The van der Waals surface area contributed by atoms with E-state index in [1.165, 1.54) is 21.1 Å². The van der Waals surface area contributed by atoms with Crippen LogP contribution in [0.4, 0.5) is 5.69 Å². The maximum atomic E-state index is 13.6. The average molecular weight is 481 g/mol. The second-order valence-corrected chi connectivity index (χ2v) is 12.5. The highest BCUT2D eigenvalue weighted by Crippen LogP contribution is 2.68. The molecule has 2 amide bonds. The highest BCUT2D eigenvalue weighted by molar-refractivity contribution is 8.00. The number of imide groups is 1. The van der Waals surface area contributed by atoms with Crippen molar-refractivity contribution in [1.29, 1.82) is 0 Å². The number of benzene rings is 1. The number of aryl methyl sites for hydroxylation is 1. The van der Waals surface area contributed by atoms with Crippen molar-refractivity contribution in [2.45, 2.75) is 29.5 Å². The number of thiazole rings is 1. The topological polar surface area (TPSA) is 70.2 Å². The minimum atomic E-state index is -0.240. The first-order valence-electron chi connectivity index (χ1n) is 10.9. The Kier molecular flexibility index (Phi) is 4.03. The summed E-state index contributed by atoms with van der Waals surface area (Å²) in [4.78, 5) is 46.3. The van der Waals surface area contributed by atoms with Crippen molar-refractivity contribution >= 4 is 51.9 Å². The molecule has 162 valence electrons. The van der Waals surface area contributed by atoms with Crippen molar-refractivity contribution in [1.82, 2.24) is 4.98 Å². The molecule has 3 fully saturated rings. The fraction of sp³-hybridized carbons (Fsp3) is 0.375. The number of hydrogen-bond acceptors (Lipinski definition) is 6. The number of carbonyl (C=O) groups is 2. The third-order valence-corrected chi connectivity index (χ3v) is 11.4. The van der Waals surface area contributed by atoms with E-state index in [2.05, 4.69) is 22.5 Å². The quantitative estimate of drug-likeness (QED) is 0.549. The molecule has 8 heteroatoms. The Morgan fingerprint density at radius 1 is 1.00 bits per heavy atom. The Labute approximate surface area is 196 Å². The van der Waals surface area contributed by atoms with Crippen molar-refractivity contribution in [3.8, 4) is 0 Å². The molecule has 7 rings (SSSR count). The molecule has 2 saturated carbocycles. The lowest BCUT2D eigenvalue weighted by atomic mass is 9.69. The normalized spacial score (nSPS) is 34.7. The van der Waals surface area contributed by atoms with Crippen LogP contribution in [-0.2, 0) is 9.59 Å². The first-order chi connectivity index (χ1) is 15.5. The first-order valence-corrected chi connectivity index (χ1v) is 13.5. The molecule has 4 heterocycles. The lowest BCUT2D eigenvalue weighted by molar-refractivity contribution is -0.123. The van der Waals surface area contributed by atoms with Gasteiger partial charge in [-0.05, 0) is 54.7 Å². The molecule has 0 radical (unpaired) electrons. The van der Waals surface area contributed by atoms with Crippen LogP contribution in [0.1, 0.15) is 27.7 Å². The number of anilines is 1. The summed E-state index contributed by atoms with van der Waals surface area (Å²) in [5.74, 6) is 0.211. The predicted octanol–water partition coefficient (Wildman–Crippen LogP) is 4.48. The standard InChI is InChI=1S/C24H20N2O3S3/c1-10-4-6-11(7-5-10)26-22(27)16-12-9-13(17(16)23(26)28)19-15(12)18(14-3-2-8-30-14)20-21(31-19)25-24(29)32-20/h2-8,12-13,15-19H,9H2,1H3,(H,25,29). The van der Waals surface area contributed by atoms with Crippen LogP contribution in [0.5, 0.6) is 0 Å². The number of aromatic nitrogens is 1. The van der Waals surface area contributed by atoms with Crippen LogP contribution in [0.3, 0.4) is 0 Å². The molecule has 5 nitrogen and oxygen atoms in total. The molecule has 7 unspecified atom stereocenters. The summed E-state index contributed by atoms with van der Waals surface area (Å²) in [6, 6.07) is 11.9. The number of H-pyrrole nitrogens is 1. The first kappa shape index (κ1) is 19.3. The van der Waals surface area contributed by atoms with E-state index in [1.54, 1.807) is 23.1 Å². The molecule has 3 aromatic rings. The maximum Gasteiger partial charge on any atom is 0.305 e. The lowest BCUT2D eigenvalue weighted by Gasteiger charge is -2.42. The largest absolute Gasteiger partial charge is 0.307 e. The minimum absolute atomic E-state index is 0.0192. The van der Waals surface area contributed by atoms with E-state index >= 15 is 0 Å². The highest BCUT2D eigenvalue weighted by atomic mass is 32.2. The molecule has 1 saturated heterocycles. The summed E-state index contributed by atoms with van der Waals surface area (Å²) in [6.07, 6.45) is 0.929. The smallest absolute Gasteiger partial charge is 0.305 e. The van der Waals surface area contributed by atoms with E-state index < -0.39 is 0 Å². The van der Waals surface area contributed by atoms with Crippen LogP contribution >= 0.6 is 34.4 Å². The maximum absolute atomic E-state index is 13.6. The number of aromatic amines is 1. The van der Waals surface area contributed by atoms with Gasteiger partial charge in [-0.3, -0.25) is 19.3 Å². The molecule has 2 aliphatic heterocycles. The van der Waals surface area contributed by atoms with Gasteiger partial charge >= 0.3 is 4.87 Å². The van der Waals surface area contributed by atoms with Crippen molar-refractivity contribution in [3.63, 3.8) is 0 Å². The number of hydrogen-bond donors (Lipinski definition) is 1. The number of nitrogens with zero attached hydrogens (tertiary/aromatic N) is 1. The number of rotatable bonds is 2. The van der Waals surface area contributed by atoms with Gasteiger partial charge in [0.15, 0.2) is 0 Å². The average Bonchev–Trinajstić information content (AvgIpc) is 3.57. The molecule has 1 aromatic carbocycles. The Balaban J connectivity index is 1.32. The van der Waals surface area contributed by atoms with E-state index in [1.807, 2.05) is 31.2 Å². The van der Waals surface area contributed by atoms with Gasteiger partial charge in [0.2, 0.25) is 11.8 Å². The summed E-state index contributed by atoms with van der Waals surface area (Å²) in [5.41, 5.74) is 1.79. The van der Waals surface area contributed by atoms with E-state index in [4.69, 9.17) is 0 Å². The SMILES string of the molecule is Cc1ccc(N2C(=O)C3C4CC(C3C2=O)C2C(c3cccs3)c3sc(=O)[nH]c3SC42)cc1. The molecule has 1 N–H and O–H groups in total. The predicted molar refractivity (Wildman–Crippen MR) is 126 cm³/mol. The van der Waals surface area contributed by atoms with Gasteiger partial charge in [-0.2, -0.15) is 0 Å². The Bertz CT molecular complexity index is 1310. The Morgan fingerprint density at radius 2 is 1.75 bits per heavy atom. The summed E-state index contributed by atoms with van der Waals surface area (Å²) < 4.78 is 0. The van der Waals surface area contributed by atoms with E-state index in [0.29, 0.717) is 5.69 Å². The highest BCUT2D eigenvalue weighted by Gasteiger charge is 2.69.